The quantitative estimate of drug-likeness (QED) is 0.842. The van der Waals surface area contributed by atoms with Crippen molar-refractivity contribution in [3.05, 3.63) is 28.2 Å². The molecule has 0 bridgehead atoms. The van der Waals surface area contributed by atoms with Crippen LogP contribution in [0.4, 0.5) is 5.69 Å². The largest absolute Gasteiger partial charge is 0.481 e. The van der Waals surface area contributed by atoms with Gasteiger partial charge in [-0.25, -0.2) is 0 Å². The molecule has 1 N–H and O–H groups in total. The van der Waals surface area contributed by atoms with Gasteiger partial charge in [-0.3, -0.25) is 9.59 Å². The third kappa shape index (κ3) is 2.23. The minimum atomic E-state index is -1.09. The molecule has 1 amide bonds. The van der Waals surface area contributed by atoms with Crippen LogP contribution in [0, 0.1) is 5.92 Å². The molecule has 0 aliphatic carbocycles. The van der Waals surface area contributed by atoms with Gasteiger partial charge in [-0.15, -0.1) is 0 Å². The first-order valence-electron chi connectivity index (χ1n) is 5.00. The highest BCUT2D eigenvalue weighted by Crippen LogP contribution is 2.30. The lowest BCUT2D eigenvalue weighted by Crippen LogP contribution is -2.30. The molecule has 0 aromatic heterocycles. The van der Waals surface area contributed by atoms with Crippen molar-refractivity contribution >= 4 is 40.8 Å². The summed E-state index contributed by atoms with van der Waals surface area (Å²) in [5.74, 6) is -2.45. The minimum Gasteiger partial charge on any atom is -0.481 e. The van der Waals surface area contributed by atoms with Crippen molar-refractivity contribution in [2.24, 2.45) is 5.92 Å². The van der Waals surface area contributed by atoms with E-state index in [-0.39, 0.29) is 0 Å². The average molecular weight is 274 g/mol. The van der Waals surface area contributed by atoms with E-state index in [4.69, 9.17) is 28.3 Å². The van der Waals surface area contributed by atoms with Crippen LogP contribution in [0.25, 0.3) is 0 Å². The summed E-state index contributed by atoms with van der Waals surface area (Å²) in [6.45, 7) is 0.383. The maximum absolute atomic E-state index is 11.8. The minimum absolute atomic E-state index is 0.314. The van der Waals surface area contributed by atoms with Crippen LogP contribution in [0.15, 0.2) is 18.2 Å². The molecule has 0 saturated carbocycles. The lowest BCUT2D eigenvalue weighted by Gasteiger charge is -2.16. The third-order valence-electron chi connectivity index (χ3n) is 2.72. The lowest BCUT2D eigenvalue weighted by molar-refractivity contribution is -0.144. The number of rotatable bonds is 2. The number of anilines is 1. The number of carboxylic acid groups (broad SMARTS) is 1. The van der Waals surface area contributed by atoms with E-state index in [0.29, 0.717) is 28.7 Å². The Labute approximate surface area is 108 Å². The second kappa shape index (κ2) is 4.55. The van der Waals surface area contributed by atoms with Crippen LogP contribution in [0.2, 0.25) is 10.0 Å². The number of carbonyl (C=O) groups is 2. The Morgan fingerprint density at radius 2 is 2.06 bits per heavy atom. The molecule has 6 heteroatoms. The molecule has 1 unspecified atom stereocenters. The Hall–Kier alpha value is -1.26. The zero-order chi connectivity index (χ0) is 12.6. The van der Waals surface area contributed by atoms with Gasteiger partial charge in [0.25, 0.3) is 0 Å². The second-order valence-corrected chi connectivity index (χ2v) is 4.58. The number of carbonyl (C=O) groups excluding carboxylic acids is 1. The van der Waals surface area contributed by atoms with E-state index in [1.165, 1.54) is 4.90 Å². The number of carboxylic acids is 1. The highest BCUT2D eigenvalue weighted by molar-refractivity contribution is 6.42. The molecule has 4 nitrogen and oxygen atoms in total. The molecule has 1 fully saturated rings. The fourth-order valence-electron chi connectivity index (χ4n) is 1.82. The van der Waals surface area contributed by atoms with Crippen LogP contribution in [0.1, 0.15) is 6.42 Å². The highest BCUT2D eigenvalue weighted by Gasteiger charge is 2.37. The van der Waals surface area contributed by atoms with E-state index < -0.39 is 17.8 Å². The van der Waals surface area contributed by atoms with Crippen LogP contribution in [0.5, 0.6) is 0 Å². The number of hydrogen-bond donors (Lipinski definition) is 1. The van der Waals surface area contributed by atoms with Gasteiger partial charge in [0.05, 0.1) is 10.0 Å². The van der Waals surface area contributed by atoms with Crippen molar-refractivity contribution in [3.63, 3.8) is 0 Å². The van der Waals surface area contributed by atoms with Crippen molar-refractivity contribution in [3.8, 4) is 0 Å². The number of halogens is 2. The van der Waals surface area contributed by atoms with E-state index in [9.17, 15) is 9.59 Å². The molecular formula is C11H9Cl2NO3. The molecule has 0 spiro atoms. The smallest absolute Gasteiger partial charge is 0.316 e. The first-order chi connectivity index (χ1) is 8.00. The molecule has 2 rings (SSSR count). The third-order valence-corrected chi connectivity index (χ3v) is 3.46. The SMILES string of the molecule is O=C(O)C1CCN(c2ccc(Cl)c(Cl)c2)C1=O. The fraction of sp³-hybridized carbons (Fsp3) is 0.273. The van der Waals surface area contributed by atoms with E-state index >= 15 is 0 Å². The van der Waals surface area contributed by atoms with Crippen molar-refractivity contribution in [1.82, 2.24) is 0 Å². The predicted octanol–water partition coefficient (Wildman–Crippen LogP) is 2.43. The molecule has 0 radical (unpaired) electrons. The monoisotopic (exact) mass is 273 g/mol. The number of amides is 1. The van der Waals surface area contributed by atoms with Crippen molar-refractivity contribution in [2.45, 2.75) is 6.42 Å². The first kappa shape index (κ1) is 12.2. The molecule has 1 aromatic rings. The van der Waals surface area contributed by atoms with E-state index in [0.717, 1.165) is 0 Å². The molecule has 1 aliphatic heterocycles. The first-order valence-corrected chi connectivity index (χ1v) is 5.75. The maximum Gasteiger partial charge on any atom is 0.316 e. The van der Waals surface area contributed by atoms with Gasteiger partial charge in [0.15, 0.2) is 0 Å². The standard InChI is InChI=1S/C11H9Cl2NO3/c12-8-2-1-6(5-9(8)13)14-4-3-7(10(14)15)11(16)17/h1-2,5,7H,3-4H2,(H,16,17). The van der Waals surface area contributed by atoms with Crippen LogP contribution in [-0.2, 0) is 9.59 Å². The van der Waals surface area contributed by atoms with Gasteiger partial charge >= 0.3 is 5.97 Å². The molecule has 1 aliphatic rings. The van der Waals surface area contributed by atoms with Gasteiger partial charge in [0.1, 0.15) is 5.92 Å². The maximum atomic E-state index is 11.8. The molecule has 17 heavy (non-hydrogen) atoms. The van der Waals surface area contributed by atoms with Crippen molar-refractivity contribution in [1.29, 1.82) is 0 Å². The van der Waals surface area contributed by atoms with Crippen LogP contribution >= 0.6 is 23.2 Å². The Bertz CT molecular complexity index is 490. The summed E-state index contributed by atoms with van der Waals surface area (Å²) in [5, 5.41) is 9.60. The van der Waals surface area contributed by atoms with E-state index in [2.05, 4.69) is 0 Å². The fourth-order valence-corrected chi connectivity index (χ4v) is 2.11. The van der Waals surface area contributed by atoms with Crippen LogP contribution in [-0.4, -0.2) is 23.5 Å². The Kier molecular flexibility index (Phi) is 3.26. The van der Waals surface area contributed by atoms with E-state index in [1.807, 2.05) is 0 Å². The van der Waals surface area contributed by atoms with Gasteiger partial charge in [-0.2, -0.15) is 0 Å². The summed E-state index contributed by atoms with van der Waals surface area (Å²) in [6.07, 6.45) is 0.314. The molecule has 1 aromatic carbocycles. The number of hydrogen-bond acceptors (Lipinski definition) is 2. The summed E-state index contributed by atoms with van der Waals surface area (Å²) < 4.78 is 0. The Morgan fingerprint density at radius 1 is 1.35 bits per heavy atom. The number of benzene rings is 1. The zero-order valence-corrected chi connectivity index (χ0v) is 10.2. The van der Waals surface area contributed by atoms with Crippen molar-refractivity contribution in [2.75, 3.05) is 11.4 Å². The molecule has 1 saturated heterocycles. The van der Waals surface area contributed by atoms with Gasteiger partial charge in [0, 0.05) is 12.2 Å². The summed E-state index contributed by atoms with van der Waals surface area (Å²) >= 11 is 11.6. The summed E-state index contributed by atoms with van der Waals surface area (Å²) in [7, 11) is 0. The van der Waals surface area contributed by atoms with Crippen LogP contribution < -0.4 is 4.90 Å². The molecule has 90 valence electrons. The van der Waals surface area contributed by atoms with Gasteiger partial charge < -0.3 is 10.0 Å². The highest BCUT2D eigenvalue weighted by atomic mass is 35.5. The summed E-state index contributed by atoms with van der Waals surface area (Å²) in [6, 6.07) is 4.79. The van der Waals surface area contributed by atoms with Gasteiger partial charge in [-0.1, -0.05) is 23.2 Å². The lowest BCUT2D eigenvalue weighted by atomic mass is 10.1. The molecule has 1 atom stereocenters. The second-order valence-electron chi connectivity index (χ2n) is 3.77. The topological polar surface area (TPSA) is 57.6 Å². The molecule has 1 heterocycles. The van der Waals surface area contributed by atoms with Gasteiger partial charge in [-0.05, 0) is 24.6 Å². The predicted molar refractivity (Wildman–Crippen MR) is 64.6 cm³/mol. The van der Waals surface area contributed by atoms with E-state index in [1.54, 1.807) is 18.2 Å². The zero-order valence-electron chi connectivity index (χ0n) is 8.69. The Morgan fingerprint density at radius 3 is 2.59 bits per heavy atom. The average Bonchev–Trinajstić information content (AvgIpc) is 2.64. The number of nitrogens with zero attached hydrogens (tertiary/aromatic N) is 1. The molecular weight excluding hydrogens is 265 g/mol. The normalized spacial score (nSPS) is 19.8. The summed E-state index contributed by atoms with van der Waals surface area (Å²) in [5.41, 5.74) is 0.577. The Balaban J connectivity index is 2.27. The summed E-state index contributed by atoms with van der Waals surface area (Å²) in [4.78, 5) is 24.0. The number of aliphatic carboxylic acids is 1. The van der Waals surface area contributed by atoms with Gasteiger partial charge in [0.2, 0.25) is 5.91 Å². The van der Waals surface area contributed by atoms with Crippen molar-refractivity contribution < 1.29 is 14.7 Å². The van der Waals surface area contributed by atoms with Crippen LogP contribution in [0.3, 0.4) is 0 Å².